The first-order valence-corrected chi connectivity index (χ1v) is 8.07. The second kappa shape index (κ2) is 9.05. The van der Waals surface area contributed by atoms with Gasteiger partial charge in [0.1, 0.15) is 11.5 Å². The predicted octanol–water partition coefficient (Wildman–Crippen LogP) is 3.70. The maximum absolute atomic E-state index is 12.2. The van der Waals surface area contributed by atoms with Crippen LogP contribution in [0.2, 0.25) is 5.02 Å². The fourth-order valence-corrected chi connectivity index (χ4v) is 2.53. The van der Waals surface area contributed by atoms with Crippen molar-refractivity contribution >= 4 is 23.3 Å². The Morgan fingerprint density at radius 2 is 1.54 bits per heavy atom. The molecule has 0 aliphatic rings. The van der Waals surface area contributed by atoms with E-state index in [1.54, 1.807) is 38.5 Å². The molecule has 0 fully saturated rings. The molecule has 26 heavy (non-hydrogen) atoms. The second-order valence-corrected chi connectivity index (χ2v) is 5.59. The van der Waals surface area contributed by atoms with Crippen molar-refractivity contribution < 1.29 is 23.7 Å². The first kappa shape index (κ1) is 19.5. The van der Waals surface area contributed by atoms with Crippen molar-refractivity contribution in [3.63, 3.8) is 0 Å². The van der Waals surface area contributed by atoms with E-state index in [-0.39, 0.29) is 0 Å². The number of anilines is 1. The summed E-state index contributed by atoms with van der Waals surface area (Å²) in [4.78, 5) is 12.2. The number of urea groups is 1. The first-order valence-electron chi connectivity index (χ1n) is 7.69. The molecule has 0 aliphatic carbocycles. The number of ether oxygens (including phenoxy) is 4. The number of carbonyl (C=O) groups excluding carboxylic acids is 1. The molecule has 0 saturated heterocycles. The highest BCUT2D eigenvalue weighted by Gasteiger charge is 2.13. The van der Waals surface area contributed by atoms with Gasteiger partial charge in [0.25, 0.3) is 0 Å². The quantitative estimate of drug-likeness (QED) is 0.765. The molecule has 2 aromatic rings. The lowest BCUT2D eigenvalue weighted by molar-refractivity contribution is 0.251. The standard InChI is InChI=1S/C18H21ClN2O5/c1-23-14-6-5-11(7-17(14)26-4)10-20-18(22)21-13-9-15(24-2)12(19)8-16(13)25-3/h5-9H,10H2,1-4H3,(H2,20,21,22). The molecule has 2 amide bonds. The Kier molecular flexibility index (Phi) is 6.80. The molecule has 0 spiro atoms. The van der Waals surface area contributed by atoms with E-state index in [4.69, 9.17) is 30.5 Å². The highest BCUT2D eigenvalue weighted by atomic mass is 35.5. The summed E-state index contributed by atoms with van der Waals surface area (Å²) >= 11 is 6.06. The molecule has 140 valence electrons. The van der Waals surface area contributed by atoms with Gasteiger partial charge < -0.3 is 29.6 Å². The Hall–Kier alpha value is -2.80. The molecule has 7 nitrogen and oxygen atoms in total. The number of amides is 2. The number of methoxy groups -OCH3 is 4. The van der Waals surface area contributed by atoms with Crippen LogP contribution in [0.1, 0.15) is 5.56 Å². The summed E-state index contributed by atoms with van der Waals surface area (Å²) in [7, 11) is 6.11. The van der Waals surface area contributed by atoms with Gasteiger partial charge in [0, 0.05) is 18.7 Å². The van der Waals surface area contributed by atoms with Crippen LogP contribution in [0.4, 0.5) is 10.5 Å². The third-order valence-corrected chi connectivity index (χ3v) is 3.92. The Labute approximate surface area is 157 Å². The van der Waals surface area contributed by atoms with Gasteiger partial charge in [-0.15, -0.1) is 0 Å². The minimum Gasteiger partial charge on any atom is -0.495 e. The van der Waals surface area contributed by atoms with Gasteiger partial charge in [0.05, 0.1) is 39.1 Å². The third-order valence-electron chi connectivity index (χ3n) is 3.62. The van der Waals surface area contributed by atoms with Crippen LogP contribution in [-0.4, -0.2) is 34.5 Å². The Morgan fingerprint density at radius 1 is 0.885 bits per heavy atom. The summed E-state index contributed by atoms with van der Waals surface area (Å²) in [5.74, 6) is 2.08. The molecule has 0 atom stereocenters. The number of benzene rings is 2. The maximum atomic E-state index is 12.2. The van der Waals surface area contributed by atoms with Crippen molar-refractivity contribution in [2.75, 3.05) is 33.8 Å². The number of halogens is 1. The van der Waals surface area contributed by atoms with Crippen molar-refractivity contribution in [3.05, 3.63) is 40.9 Å². The molecule has 0 heterocycles. The van der Waals surface area contributed by atoms with Gasteiger partial charge >= 0.3 is 6.03 Å². The molecule has 0 unspecified atom stereocenters. The second-order valence-electron chi connectivity index (χ2n) is 5.18. The van der Waals surface area contributed by atoms with Crippen molar-refractivity contribution in [3.8, 4) is 23.0 Å². The zero-order valence-corrected chi connectivity index (χ0v) is 15.8. The highest BCUT2D eigenvalue weighted by molar-refractivity contribution is 6.32. The van der Waals surface area contributed by atoms with Crippen LogP contribution in [0.15, 0.2) is 30.3 Å². The molecule has 0 saturated carbocycles. The van der Waals surface area contributed by atoms with Gasteiger partial charge in [-0.05, 0) is 17.7 Å². The van der Waals surface area contributed by atoms with Gasteiger partial charge in [0.2, 0.25) is 0 Å². The average Bonchev–Trinajstić information content (AvgIpc) is 2.66. The van der Waals surface area contributed by atoms with Crippen molar-refractivity contribution in [1.82, 2.24) is 5.32 Å². The monoisotopic (exact) mass is 380 g/mol. The Bertz CT molecular complexity index is 782. The lowest BCUT2D eigenvalue weighted by Gasteiger charge is -2.14. The van der Waals surface area contributed by atoms with E-state index in [1.165, 1.54) is 14.2 Å². The van der Waals surface area contributed by atoms with E-state index in [1.807, 2.05) is 6.07 Å². The number of hydrogen-bond acceptors (Lipinski definition) is 5. The van der Waals surface area contributed by atoms with Gasteiger partial charge in [-0.2, -0.15) is 0 Å². The number of nitrogens with one attached hydrogen (secondary N) is 2. The zero-order valence-electron chi connectivity index (χ0n) is 15.0. The van der Waals surface area contributed by atoms with Gasteiger partial charge in [-0.1, -0.05) is 17.7 Å². The summed E-state index contributed by atoms with van der Waals surface area (Å²) in [5.41, 5.74) is 1.30. The van der Waals surface area contributed by atoms with Crippen LogP contribution in [0.25, 0.3) is 0 Å². The lowest BCUT2D eigenvalue weighted by atomic mass is 10.2. The fourth-order valence-electron chi connectivity index (χ4n) is 2.30. The summed E-state index contributed by atoms with van der Waals surface area (Å²) in [6.45, 7) is 0.305. The molecule has 0 aromatic heterocycles. The molecule has 0 aliphatic heterocycles. The Balaban J connectivity index is 2.05. The largest absolute Gasteiger partial charge is 0.495 e. The molecule has 2 N–H and O–H groups in total. The lowest BCUT2D eigenvalue weighted by Crippen LogP contribution is -2.28. The van der Waals surface area contributed by atoms with E-state index < -0.39 is 6.03 Å². The highest BCUT2D eigenvalue weighted by Crippen LogP contribution is 2.35. The van der Waals surface area contributed by atoms with Crippen LogP contribution < -0.4 is 29.6 Å². The van der Waals surface area contributed by atoms with E-state index in [9.17, 15) is 4.79 Å². The molecule has 2 rings (SSSR count). The van der Waals surface area contributed by atoms with E-state index in [0.29, 0.717) is 40.3 Å². The molecule has 2 aromatic carbocycles. The van der Waals surface area contributed by atoms with E-state index >= 15 is 0 Å². The number of carbonyl (C=O) groups is 1. The number of hydrogen-bond donors (Lipinski definition) is 2. The van der Waals surface area contributed by atoms with Crippen molar-refractivity contribution in [2.45, 2.75) is 6.54 Å². The molecule has 0 radical (unpaired) electrons. The van der Waals surface area contributed by atoms with Crippen LogP contribution in [0.3, 0.4) is 0 Å². The smallest absolute Gasteiger partial charge is 0.319 e. The maximum Gasteiger partial charge on any atom is 0.319 e. The summed E-state index contributed by atoms with van der Waals surface area (Å²) in [6.07, 6.45) is 0. The molecular weight excluding hydrogens is 360 g/mol. The van der Waals surface area contributed by atoms with Crippen molar-refractivity contribution in [1.29, 1.82) is 0 Å². The Morgan fingerprint density at radius 3 is 2.15 bits per heavy atom. The summed E-state index contributed by atoms with van der Waals surface area (Å²) in [5, 5.41) is 5.87. The predicted molar refractivity (Wildman–Crippen MR) is 100.0 cm³/mol. The van der Waals surface area contributed by atoms with E-state index in [2.05, 4.69) is 10.6 Å². The first-order chi connectivity index (χ1) is 12.5. The average molecular weight is 381 g/mol. The zero-order chi connectivity index (χ0) is 19.1. The number of rotatable bonds is 7. The van der Waals surface area contributed by atoms with Gasteiger partial charge in [-0.3, -0.25) is 0 Å². The molecule has 8 heteroatoms. The van der Waals surface area contributed by atoms with E-state index in [0.717, 1.165) is 5.56 Å². The summed E-state index contributed by atoms with van der Waals surface area (Å²) < 4.78 is 20.8. The third kappa shape index (κ3) is 4.64. The molecular formula is C18H21ClN2O5. The van der Waals surface area contributed by atoms with Crippen LogP contribution in [0, 0.1) is 0 Å². The minimum absolute atomic E-state index is 0.305. The van der Waals surface area contributed by atoms with Crippen molar-refractivity contribution in [2.24, 2.45) is 0 Å². The molecule has 0 bridgehead atoms. The normalized spacial score (nSPS) is 10.0. The SMILES string of the molecule is COc1cc(NC(=O)NCc2ccc(OC)c(OC)c2)c(OC)cc1Cl. The van der Waals surface area contributed by atoms with Gasteiger partial charge in [0.15, 0.2) is 11.5 Å². The van der Waals surface area contributed by atoms with Crippen LogP contribution in [-0.2, 0) is 6.54 Å². The topological polar surface area (TPSA) is 78.1 Å². The van der Waals surface area contributed by atoms with Crippen LogP contribution in [0.5, 0.6) is 23.0 Å². The minimum atomic E-state index is -0.400. The summed E-state index contributed by atoms with van der Waals surface area (Å²) in [6, 6.07) is 8.18. The fraction of sp³-hybridized carbons (Fsp3) is 0.278. The van der Waals surface area contributed by atoms with Crippen LogP contribution >= 0.6 is 11.6 Å². The van der Waals surface area contributed by atoms with Gasteiger partial charge in [-0.25, -0.2) is 4.79 Å².